The Hall–Kier alpha value is -2.17. The summed E-state index contributed by atoms with van der Waals surface area (Å²) in [5.41, 5.74) is 1.88. The smallest absolute Gasteiger partial charge is 0.248 e. The van der Waals surface area contributed by atoms with Crippen molar-refractivity contribution in [2.75, 3.05) is 25.0 Å². The molecule has 0 N–H and O–H groups in total. The molecule has 0 aromatic heterocycles. The van der Waals surface area contributed by atoms with Crippen LogP contribution in [0.15, 0.2) is 24.3 Å². The van der Waals surface area contributed by atoms with Crippen LogP contribution in [0.4, 0.5) is 5.69 Å². The molecule has 0 atom stereocenters. The first kappa shape index (κ1) is 13.3. The minimum absolute atomic E-state index is 0.199. The Morgan fingerprint density at radius 1 is 1.21 bits per heavy atom. The second-order valence-electron chi connectivity index (χ2n) is 4.58. The number of likely N-dealkylation sites (N-methyl/N-ethyl adjacent to an activating group) is 1. The van der Waals surface area contributed by atoms with E-state index in [-0.39, 0.29) is 24.9 Å². The maximum absolute atomic E-state index is 11.7. The van der Waals surface area contributed by atoms with E-state index in [1.54, 1.807) is 4.90 Å². The minimum atomic E-state index is -0.199. The van der Waals surface area contributed by atoms with Crippen LogP contribution >= 0.6 is 0 Å². The molecule has 1 aromatic carbocycles. The molecule has 0 bridgehead atoms. The van der Waals surface area contributed by atoms with Crippen molar-refractivity contribution in [3.05, 3.63) is 29.8 Å². The van der Waals surface area contributed by atoms with Crippen LogP contribution in [-0.4, -0.2) is 43.1 Å². The molecule has 5 heteroatoms. The lowest BCUT2D eigenvalue weighted by Crippen LogP contribution is -2.52. The van der Waals surface area contributed by atoms with Crippen molar-refractivity contribution in [3.63, 3.8) is 0 Å². The van der Waals surface area contributed by atoms with Gasteiger partial charge in [-0.3, -0.25) is 14.5 Å². The van der Waals surface area contributed by atoms with Crippen molar-refractivity contribution in [2.45, 2.75) is 12.8 Å². The van der Waals surface area contributed by atoms with Gasteiger partial charge in [-0.15, -0.1) is 0 Å². The first-order valence-corrected chi connectivity index (χ1v) is 6.18. The van der Waals surface area contributed by atoms with Crippen LogP contribution < -0.4 is 4.90 Å². The molecular weight excluding hydrogens is 244 g/mol. The Kier molecular flexibility index (Phi) is 3.94. The molecular formula is C14H16N2O3. The summed E-state index contributed by atoms with van der Waals surface area (Å²) >= 11 is 0. The van der Waals surface area contributed by atoms with Crippen molar-refractivity contribution >= 4 is 23.8 Å². The normalized spacial score (nSPS) is 15.8. The Bertz CT molecular complexity index is 495. The van der Waals surface area contributed by atoms with Crippen LogP contribution in [0.25, 0.3) is 0 Å². The standard InChI is InChI=1S/C14H16N2O3/c1-15-13(18)9-16(10-14(15)19)12-6-2-4-11(8-12)5-3-7-17/h2,4,6-8H,3,5,9-10H2,1H3. The second-order valence-corrected chi connectivity index (χ2v) is 4.58. The van der Waals surface area contributed by atoms with Gasteiger partial charge in [0, 0.05) is 19.2 Å². The molecule has 19 heavy (non-hydrogen) atoms. The highest BCUT2D eigenvalue weighted by molar-refractivity contribution is 6.02. The van der Waals surface area contributed by atoms with E-state index in [0.29, 0.717) is 12.8 Å². The molecule has 0 aliphatic carbocycles. The lowest BCUT2D eigenvalue weighted by Gasteiger charge is -2.32. The van der Waals surface area contributed by atoms with Crippen molar-refractivity contribution in [1.29, 1.82) is 0 Å². The summed E-state index contributed by atoms with van der Waals surface area (Å²) in [6.07, 6.45) is 2.03. The monoisotopic (exact) mass is 260 g/mol. The first-order valence-electron chi connectivity index (χ1n) is 6.18. The second kappa shape index (κ2) is 5.65. The molecule has 0 unspecified atom stereocenters. The summed E-state index contributed by atoms with van der Waals surface area (Å²) in [6.45, 7) is 0.415. The predicted molar refractivity (Wildman–Crippen MR) is 70.8 cm³/mol. The van der Waals surface area contributed by atoms with Gasteiger partial charge >= 0.3 is 0 Å². The van der Waals surface area contributed by atoms with Gasteiger partial charge in [0.25, 0.3) is 0 Å². The predicted octanol–water partition coefficient (Wildman–Crippen LogP) is 0.623. The topological polar surface area (TPSA) is 57.7 Å². The Morgan fingerprint density at radius 3 is 2.53 bits per heavy atom. The van der Waals surface area contributed by atoms with Crippen molar-refractivity contribution < 1.29 is 14.4 Å². The molecule has 2 rings (SSSR count). The van der Waals surface area contributed by atoms with Gasteiger partial charge in [-0.25, -0.2) is 0 Å². The largest absolute Gasteiger partial charge is 0.353 e. The van der Waals surface area contributed by atoms with E-state index in [1.165, 1.54) is 7.05 Å². The van der Waals surface area contributed by atoms with Crippen molar-refractivity contribution in [1.82, 2.24) is 4.90 Å². The summed E-state index contributed by atoms with van der Waals surface area (Å²) in [4.78, 5) is 36.6. The van der Waals surface area contributed by atoms with E-state index in [9.17, 15) is 14.4 Å². The third kappa shape index (κ3) is 2.99. The van der Waals surface area contributed by atoms with Crippen LogP contribution in [0.3, 0.4) is 0 Å². The zero-order valence-electron chi connectivity index (χ0n) is 10.8. The molecule has 2 amide bonds. The number of imide groups is 1. The average Bonchev–Trinajstić information content (AvgIpc) is 2.42. The maximum atomic E-state index is 11.7. The first-order chi connectivity index (χ1) is 9.11. The minimum Gasteiger partial charge on any atom is -0.353 e. The van der Waals surface area contributed by atoms with E-state index in [0.717, 1.165) is 22.4 Å². The van der Waals surface area contributed by atoms with Crippen LogP contribution in [0.1, 0.15) is 12.0 Å². The van der Waals surface area contributed by atoms with Gasteiger partial charge in [0.05, 0.1) is 13.1 Å². The molecule has 1 heterocycles. The van der Waals surface area contributed by atoms with Crippen LogP contribution in [0.5, 0.6) is 0 Å². The number of hydrogen-bond acceptors (Lipinski definition) is 4. The number of carbonyl (C=O) groups is 3. The zero-order chi connectivity index (χ0) is 13.8. The highest BCUT2D eigenvalue weighted by atomic mass is 16.2. The van der Waals surface area contributed by atoms with Crippen LogP contribution in [0, 0.1) is 0 Å². The summed E-state index contributed by atoms with van der Waals surface area (Å²) in [5.74, 6) is -0.399. The number of benzene rings is 1. The third-order valence-corrected chi connectivity index (χ3v) is 3.23. The molecule has 0 saturated carbocycles. The Morgan fingerprint density at radius 2 is 1.89 bits per heavy atom. The summed E-state index contributed by atoms with van der Waals surface area (Å²) in [7, 11) is 1.50. The van der Waals surface area contributed by atoms with Crippen LogP contribution in [-0.2, 0) is 20.8 Å². The number of aldehydes is 1. The number of rotatable bonds is 4. The molecule has 1 fully saturated rings. The quantitative estimate of drug-likeness (QED) is 0.588. The Balaban J connectivity index is 2.15. The van der Waals surface area contributed by atoms with Gasteiger partial charge in [-0.05, 0) is 24.1 Å². The summed E-state index contributed by atoms with van der Waals surface area (Å²) in [5, 5.41) is 0. The van der Waals surface area contributed by atoms with Gasteiger partial charge < -0.3 is 9.69 Å². The number of aryl methyl sites for hydroxylation is 1. The van der Waals surface area contributed by atoms with E-state index >= 15 is 0 Å². The fourth-order valence-corrected chi connectivity index (χ4v) is 2.05. The number of hydrogen-bond donors (Lipinski definition) is 0. The fourth-order valence-electron chi connectivity index (χ4n) is 2.05. The SMILES string of the molecule is CN1C(=O)CN(c2cccc(CCC=O)c2)CC1=O. The molecule has 1 aromatic rings. The molecule has 1 aliphatic heterocycles. The van der Waals surface area contributed by atoms with Crippen LogP contribution in [0.2, 0.25) is 0 Å². The molecule has 0 spiro atoms. The molecule has 100 valence electrons. The zero-order valence-corrected chi connectivity index (χ0v) is 10.8. The van der Waals surface area contributed by atoms with Gasteiger partial charge in [-0.2, -0.15) is 0 Å². The highest BCUT2D eigenvalue weighted by Crippen LogP contribution is 2.19. The molecule has 1 saturated heterocycles. The lowest BCUT2D eigenvalue weighted by atomic mass is 10.1. The van der Waals surface area contributed by atoms with Gasteiger partial charge in [0.1, 0.15) is 6.29 Å². The van der Waals surface area contributed by atoms with E-state index in [2.05, 4.69) is 0 Å². The summed E-state index contributed by atoms with van der Waals surface area (Å²) in [6, 6.07) is 7.61. The molecule has 0 radical (unpaired) electrons. The molecule has 1 aliphatic rings. The summed E-state index contributed by atoms with van der Waals surface area (Å²) < 4.78 is 0. The average molecular weight is 260 g/mol. The highest BCUT2D eigenvalue weighted by Gasteiger charge is 2.28. The number of amides is 2. The van der Waals surface area contributed by atoms with Gasteiger partial charge in [0.15, 0.2) is 0 Å². The van der Waals surface area contributed by atoms with E-state index < -0.39 is 0 Å². The number of nitrogens with zero attached hydrogens (tertiary/aromatic N) is 2. The van der Waals surface area contributed by atoms with Crippen molar-refractivity contribution in [2.24, 2.45) is 0 Å². The maximum Gasteiger partial charge on any atom is 0.248 e. The van der Waals surface area contributed by atoms with Crippen molar-refractivity contribution in [3.8, 4) is 0 Å². The molecule has 5 nitrogen and oxygen atoms in total. The van der Waals surface area contributed by atoms with Gasteiger partial charge in [-0.1, -0.05) is 12.1 Å². The third-order valence-electron chi connectivity index (χ3n) is 3.23. The number of carbonyl (C=O) groups excluding carboxylic acids is 3. The number of anilines is 1. The van der Waals surface area contributed by atoms with E-state index in [1.807, 2.05) is 24.3 Å². The Labute approximate surface area is 111 Å². The van der Waals surface area contributed by atoms with Gasteiger partial charge in [0.2, 0.25) is 11.8 Å². The van der Waals surface area contributed by atoms with E-state index in [4.69, 9.17) is 0 Å². The number of piperazine rings is 1. The lowest BCUT2D eigenvalue weighted by molar-refractivity contribution is -0.143. The fraction of sp³-hybridized carbons (Fsp3) is 0.357.